The lowest BCUT2D eigenvalue weighted by atomic mass is 10.2. The van der Waals surface area contributed by atoms with E-state index in [1.54, 1.807) is 0 Å². The van der Waals surface area contributed by atoms with Crippen LogP contribution >= 0.6 is 0 Å². The highest BCUT2D eigenvalue weighted by molar-refractivity contribution is 5.23. The van der Waals surface area contributed by atoms with Gasteiger partial charge in [-0.2, -0.15) is 0 Å². The van der Waals surface area contributed by atoms with Gasteiger partial charge in [-0.05, 0) is 4.92 Å². The summed E-state index contributed by atoms with van der Waals surface area (Å²) in [6.45, 7) is 3.32. The number of aromatic amines is 1. The topological polar surface area (TPSA) is 92.0 Å². The second-order valence-corrected chi connectivity index (χ2v) is 2.12. The highest BCUT2D eigenvalue weighted by Gasteiger charge is 2.13. The number of aliphatic hydroxyl groups is 1. The largest absolute Gasteiger partial charge is 0.383 e. The van der Waals surface area contributed by atoms with E-state index in [-0.39, 0.29) is 11.5 Å². The van der Waals surface area contributed by atoms with Gasteiger partial charge in [0.2, 0.25) is 0 Å². The summed E-state index contributed by atoms with van der Waals surface area (Å²) in [6.07, 6.45) is 0.273. The van der Waals surface area contributed by atoms with Gasteiger partial charge < -0.3 is 15.2 Å². The lowest BCUT2D eigenvalue weighted by Gasteiger charge is -1.94. The molecule has 0 amide bonds. The number of aromatic nitrogens is 2. The zero-order valence-corrected chi connectivity index (χ0v) is 6.10. The molecule has 0 aromatic carbocycles. The molecule has 0 radical (unpaired) electrons. The van der Waals surface area contributed by atoms with Crippen molar-refractivity contribution in [2.75, 3.05) is 0 Å². The number of hydrogen-bond acceptors (Lipinski definition) is 4. The first kappa shape index (κ1) is 8.41. The highest BCUT2D eigenvalue weighted by Crippen LogP contribution is 2.15. The van der Waals surface area contributed by atoms with Gasteiger partial charge in [-0.1, -0.05) is 11.2 Å². The Labute approximate surface area is 67.7 Å². The summed E-state index contributed by atoms with van der Waals surface area (Å²) in [6, 6.07) is 1.16. The Hall–Kier alpha value is -1.69. The van der Waals surface area contributed by atoms with Crippen molar-refractivity contribution in [3.8, 4) is 0 Å². The molecular formula is C6H7N3O3. The molecule has 6 nitrogen and oxygen atoms in total. The average molecular weight is 169 g/mol. The van der Waals surface area contributed by atoms with Crippen LogP contribution in [-0.2, 0) is 0 Å². The molecule has 0 aliphatic heterocycles. The summed E-state index contributed by atoms with van der Waals surface area (Å²) in [7, 11) is 0. The maximum Gasteiger partial charge on any atom is 0.342 e. The van der Waals surface area contributed by atoms with E-state index in [0.29, 0.717) is 0 Å². The molecule has 0 spiro atoms. The number of hydrogen-bond donors (Lipinski definition) is 2. The summed E-state index contributed by atoms with van der Waals surface area (Å²) < 4.78 is 0. The zero-order chi connectivity index (χ0) is 9.14. The zero-order valence-electron chi connectivity index (χ0n) is 6.10. The fourth-order valence-corrected chi connectivity index (χ4v) is 0.692. The predicted octanol–water partition coefficient (Wildman–Crippen LogP) is 0.537. The van der Waals surface area contributed by atoms with Crippen LogP contribution in [0.15, 0.2) is 18.7 Å². The Morgan fingerprint density at radius 2 is 2.58 bits per heavy atom. The lowest BCUT2D eigenvalue weighted by Crippen LogP contribution is -1.91. The van der Waals surface area contributed by atoms with Gasteiger partial charge in [-0.15, -0.1) is 11.7 Å². The number of aliphatic hydroxyl groups excluding tert-OH is 1. The smallest absolute Gasteiger partial charge is 0.342 e. The van der Waals surface area contributed by atoms with Gasteiger partial charge in [-0.25, -0.2) is 0 Å². The minimum atomic E-state index is -0.963. The second-order valence-electron chi connectivity index (χ2n) is 2.12. The fourth-order valence-electron chi connectivity index (χ4n) is 0.692. The van der Waals surface area contributed by atoms with Crippen LogP contribution in [0.3, 0.4) is 0 Å². The van der Waals surface area contributed by atoms with Crippen molar-refractivity contribution in [1.29, 1.82) is 0 Å². The number of nitro groups is 1. The third kappa shape index (κ3) is 1.48. The Kier molecular flexibility index (Phi) is 2.20. The summed E-state index contributed by atoms with van der Waals surface area (Å²) in [4.78, 5) is 9.53. The third-order valence-corrected chi connectivity index (χ3v) is 1.31. The minimum Gasteiger partial charge on any atom is -0.383 e. The SMILES string of the molecule is C=CC(O)c1cc([N+](=O)[O-])[nH]n1. The molecule has 64 valence electrons. The van der Waals surface area contributed by atoms with Crippen LogP contribution in [0, 0.1) is 10.1 Å². The van der Waals surface area contributed by atoms with Crippen LogP contribution in [-0.4, -0.2) is 20.2 Å². The molecule has 12 heavy (non-hydrogen) atoms. The molecule has 0 aliphatic rings. The van der Waals surface area contributed by atoms with E-state index >= 15 is 0 Å². The maximum atomic E-state index is 10.2. The van der Waals surface area contributed by atoms with Gasteiger partial charge in [0.05, 0.1) is 6.07 Å². The van der Waals surface area contributed by atoms with Crippen LogP contribution in [0.5, 0.6) is 0 Å². The number of nitrogens with one attached hydrogen (secondary N) is 1. The maximum absolute atomic E-state index is 10.2. The molecule has 1 aromatic heterocycles. The summed E-state index contributed by atoms with van der Waals surface area (Å²) >= 11 is 0. The van der Waals surface area contributed by atoms with E-state index in [9.17, 15) is 10.1 Å². The Bertz CT molecular complexity index is 307. The van der Waals surface area contributed by atoms with Gasteiger partial charge in [0.15, 0.2) is 0 Å². The van der Waals surface area contributed by atoms with Crippen LogP contribution in [0.2, 0.25) is 0 Å². The summed E-state index contributed by atoms with van der Waals surface area (Å²) in [5.41, 5.74) is 0.191. The van der Waals surface area contributed by atoms with Gasteiger partial charge in [-0.3, -0.25) is 0 Å². The first-order chi connectivity index (χ1) is 5.65. The van der Waals surface area contributed by atoms with Crippen molar-refractivity contribution in [1.82, 2.24) is 10.2 Å². The van der Waals surface area contributed by atoms with Gasteiger partial charge in [0.25, 0.3) is 0 Å². The molecule has 1 heterocycles. The standard InChI is InChI=1S/C6H7N3O3/c1-2-5(10)4-3-6(8-7-4)9(11)12/h2-3,5,10H,1H2,(H,7,8). The van der Waals surface area contributed by atoms with E-state index < -0.39 is 11.0 Å². The van der Waals surface area contributed by atoms with E-state index in [2.05, 4.69) is 16.8 Å². The molecule has 0 saturated carbocycles. The molecule has 1 rings (SSSR count). The molecule has 1 aromatic rings. The van der Waals surface area contributed by atoms with Crippen LogP contribution < -0.4 is 0 Å². The first-order valence-electron chi connectivity index (χ1n) is 3.15. The van der Waals surface area contributed by atoms with Crippen molar-refractivity contribution in [3.05, 3.63) is 34.5 Å². The molecule has 2 N–H and O–H groups in total. The van der Waals surface area contributed by atoms with Crippen molar-refractivity contribution >= 4 is 5.82 Å². The molecule has 6 heteroatoms. The van der Waals surface area contributed by atoms with Gasteiger partial charge in [0.1, 0.15) is 11.8 Å². The molecular weight excluding hydrogens is 162 g/mol. The van der Waals surface area contributed by atoms with E-state index in [1.807, 2.05) is 0 Å². The molecule has 0 bridgehead atoms. The molecule has 0 aliphatic carbocycles. The van der Waals surface area contributed by atoms with Crippen molar-refractivity contribution in [2.45, 2.75) is 6.10 Å². The monoisotopic (exact) mass is 169 g/mol. The third-order valence-electron chi connectivity index (χ3n) is 1.31. The molecule has 0 fully saturated rings. The van der Waals surface area contributed by atoms with Crippen molar-refractivity contribution in [3.63, 3.8) is 0 Å². The number of H-pyrrole nitrogens is 1. The normalized spacial score (nSPS) is 12.4. The van der Waals surface area contributed by atoms with Gasteiger partial charge in [0, 0.05) is 0 Å². The highest BCUT2D eigenvalue weighted by atomic mass is 16.6. The quantitative estimate of drug-likeness (QED) is 0.392. The summed E-state index contributed by atoms with van der Waals surface area (Å²) in [5.74, 6) is -0.245. The van der Waals surface area contributed by atoms with Gasteiger partial charge >= 0.3 is 5.82 Å². The Morgan fingerprint density at radius 1 is 1.92 bits per heavy atom. The Balaban J connectivity index is 2.91. The number of nitrogens with zero attached hydrogens (tertiary/aromatic N) is 2. The minimum absolute atomic E-state index is 0.191. The van der Waals surface area contributed by atoms with Crippen LogP contribution in [0.1, 0.15) is 11.8 Å². The predicted molar refractivity (Wildman–Crippen MR) is 40.4 cm³/mol. The average Bonchev–Trinajstić information content (AvgIpc) is 2.51. The second kappa shape index (κ2) is 3.14. The summed E-state index contributed by atoms with van der Waals surface area (Å²) in [5, 5.41) is 24.9. The van der Waals surface area contributed by atoms with Crippen LogP contribution in [0.4, 0.5) is 5.82 Å². The van der Waals surface area contributed by atoms with E-state index in [4.69, 9.17) is 5.11 Å². The molecule has 0 saturated heterocycles. The van der Waals surface area contributed by atoms with E-state index in [0.717, 1.165) is 6.07 Å². The van der Waals surface area contributed by atoms with Crippen molar-refractivity contribution < 1.29 is 10.0 Å². The fraction of sp³-hybridized carbons (Fsp3) is 0.167. The number of rotatable bonds is 3. The van der Waals surface area contributed by atoms with E-state index in [1.165, 1.54) is 6.08 Å². The molecule has 1 unspecified atom stereocenters. The lowest BCUT2D eigenvalue weighted by molar-refractivity contribution is -0.389. The Morgan fingerprint density at radius 3 is 3.00 bits per heavy atom. The molecule has 1 atom stereocenters. The van der Waals surface area contributed by atoms with Crippen LogP contribution in [0.25, 0.3) is 0 Å². The first-order valence-corrected chi connectivity index (χ1v) is 3.15. The van der Waals surface area contributed by atoms with Crippen molar-refractivity contribution in [2.24, 2.45) is 0 Å².